The molecule has 1 atom stereocenters. The van der Waals surface area contributed by atoms with E-state index in [-0.39, 0.29) is 11.5 Å². The van der Waals surface area contributed by atoms with Gasteiger partial charge in [-0.25, -0.2) is 0 Å². The number of benzene rings is 1. The van der Waals surface area contributed by atoms with Crippen molar-refractivity contribution in [1.29, 1.82) is 0 Å². The van der Waals surface area contributed by atoms with Crippen LogP contribution in [0.5, 0.6) is 0 Å². The number of para-hydroxylation sites is 1. The van der Waals surface area contributed by atoms with Gasteiger partial charge in [0.15, 0.2) is 5.16 Å². The maximum atomic E-state index is 12.7. The van der Waals surface area contributed by atoms with Crippen molar-refractivity contribution in [1.82, 2.24) is 19.2 Å². The second-order valence-electron chi connectivity index (χ2n) is 5.81. The number of fused-ring (bicyclic) bond motifs is 3. The van der Waals surface area contributed by atoms with Crippen LogP contribution < -0.4 is 5.56 Å². The van der Waals surface area contributed by atoms with Crippen LogP contribution in [0, 0.1) is 5.92 Å². The molecule has 1 fully saturated rings. The highest BCUT2D eigenvalue weighted by molar-refractivity contribution is 7.99. The Morgan fingerprint density at radius 1 is 1.38 bits per heavy atom. The first kappa shape index (κ1) is 16.0. The lowest BCUT2D eigenvalue weighted by atomic mass is 10.2. The van der Waals surface area contributed by atoms with Crippen molar-refractivity contribution in [2.75, 3.05) is 5.75 Å². The van der Waals surface area contributed by atoms with Gasteiger partial charge in [-0.15, -0.1) is 40.0 Å². The fourth-order valence-corrected chi connectivity index (χ4v) is 4.62. The van der Waals surface area contributed by atoms with E-state index >= 15 is 0 Å². The molecule has 24 heavy (non-hydrogen) atoms. The maximum Gasteiger partial charge on any atom is 0.263 e. The Morgan fingerprint density at radius 2 is 2.12 bits per heavy atom. The monoisotopic (exact) mass is 380 g/mol. The fourth-order valence-electron chi connectivity index (χ4n) is 2.75. The molecule has 2 heterocycles. The molecule has 0 aliphatic heterocycles. The van der Waals surface area contributed by atoms with Crippen LogP contribution in [0.25, 0.3) is 16.7 Å². The highest BCUT2D eigenvalue weighted by Crippen LogP contribution is 2.54. The number of hydrogen-bond donors (Lipinski definition) is 0. The first-order chi connectivity index (χ1) is 11.5. The van der Waals surface area contributed by atoms with Crippen LogP contribution in [-0.2, 0) is 6.54 Å². The first-order valence-corrected chi connectivity index (χ1v) is 9.25. The van der Waals surface area contributed by atoms with Gasteiger partial charge in [-0.1, -0.05) is 30.0 Å². The van der Waals surface area contributed by atoms with Crippen molar-refractivity contribution >= 4 is 51.6 Å². The van der Waals surface area contributed by atoms with Gasteiger partial charge in [0.25, 0.3) is 5.56 Å². The molecule has 0 bridgehead atoms. The summed E-state index contributed by atoms with van der Waals surface area (Å²) in [5, 5.41) is 9.86. The molecule has 3 aromatic rings. The van der Waals surface area contributed by atoms with Crippen molar-refractivity contribution < 1.29 is 0 Å². The lowest BCUT2D eigenvalue weighted by Crippen LogP contribution is -2.22. The Labute approximate surface area is 152 Å². The van der Waals surface area contributed by atoms with Crippen molar-refractivity contribution in [2.45, 2.75) is 22.5 Å². The number of aromatic nitrogens is 4. The minimum absolute atomic E-state index is 0.0929. The van der Waals surface area contributed by atoms with E-state index in [9.17, 15) is 4.79 Å². The molecule has 1 unspecified atom stereocenters. The van der Waals surface area contributed by atoms with Gasteiger partial charge in [-0.2, -0.15) is 0 Å². The molecule has 0 spiro atoms. The Bertz CT molecular complexity index is 1010. The van der Waals surface area contributed by atoms with Crippen LogP contribution in [-0.4, -0.2) is 29.3 Å². The first-order valence-electron chi connectivity index (χ1n) is 7.51. The molecule has 1 aromatic carbocycles. The number of nitrogens with zero attached hydrogens (tertiary/aromatic N) is 4. The number of hydrogen-bond acceptors (Lipinski definition) is 4. The normalized spacial score (nSPS) is 19.0. The summed E-state index contributed by atoms with van der Waals surface area (Å²) in [5.74, 6) is 1.53. The quantitative estimate of drug-likeness (QED) is 0.386. The van der Waals surface area contributed by atoms with Gasteiger partial charge in [-0.3, -0.25) is 13.8 Å². The number of rotatable bonds is 5. The minimum Gasteiger partial charge on any atom is -0.272 e. The largest absolute Gasteiger partial charge is 0.272 e. The molecule has 0 N–H and O–H groups in total. The molecule has 124 valence electrons. The standard InChI is InChI=1S/C16H14Cl2N4OS/c1-2-7-21-13(23)11-5-3-4-6-12(11)22-14(21)19-20-15(22)24-9-10-8-16(10,17)18/h2-6,10H,1,7-9H2. The van der Waals surface area contributed by atoms with Gasteiger partial charge < -0.3 is 0 Å². The minimum atomic E-state index is -0.611. The van der Waals surface area contributed by atoms with E-state index in [0.717, 1.165) is 22.8 Å². The fraction of sp³-hybridized carbons (Fsp3) is 0.312. The summed E-state index contributed by atoms with van der Waals surface area (Å²) in [7, 11) is 0. The van der Waals surface area contributed by atoms with Gasteiger partial charge in [0, 0.05) is 18.2 Å². The zero-order chi connectivity index (χ0) is 16.9. The molecule has 0 amide bonds. The molecule has 0 saturated heterocycles. The summed E-state index contributed by atoms with van der Waals surface area (Å²) in [6, 6.07) is 7.47. The summed E-state index contributed by atoms with van der Waals surface area (Å²) in [6.45, 7) is 4.10. The second-order valence-corrected chi connectivity index (χ2v) is 8.34. The van der Waals surface area contributed by atoms with E-state index in [2.05, 4.69) is 16.8 Å². The van der Waals surface area contributed by atoms with Gasteiger partial charge in [0.1, 0.15) is 4.33 Å². The van der Waals surface area contributed by atoms with Crippen LogP contribution in [0.1, 0.15) is 6.42 Å². The van der Waals surface area contributed by atoms with E-state index < -0.39 is 4.33 Å². The average molecular weight is 381 g/mol. The third-order valence-electron chi connectivity index (χ3n) is 4.16. The number of thioether (sulfide) groups is 1. The maximum absolute atomic E-state index is 12.7. The molecule has 0 radical (unpaired) electrons. The molecule has 2 aromatic heterocycles. The number of halogens is 2. The van der Waals surface area contributed by atoms with Gasteiger partial charge in [-0.05, 0) is 18.6 Å². The zero-order valence-electron chi connectivity index (χ0n) is 12.7. The summed E-state index contributed by atoms with van der Waals surface area (Å²) < 4.78 is 2.88. The summed E-state index contributed by atoms with van der Waals surface area (Å²) in [5.41, 5.74) is 0.703. The number of allylic oxidation sites excluding steroid dienone is 1. The topological polar surface area (TPSA) is 52.2 Å². The van der Waals surface area contributed by atoms with E-state index in [0.29, 0.717) is 17.7 Å². The Hall–Kier alpha value is -1.50. The van der Waals surface area contributed by atoms with Gasteiger partial charge in [0.05, 0.1) is 10.9 Å². The van der Waals surface area contributed by atoms with Crippen LogP contribution in [0.4, 0.5) is 0 Å². The Kier molecular flexibility index (Phi) is 3.86. The summed E-state index contributed by atoms with van der Waals surface area (Å²) in [4.78, 5) is 12.7. The molecule has 1 aliphatic carbocycles. The lowest BCUT2D eigenvalue weighted by molar-refractivity contribution is 0.783. The molecule has 8 heteroatoms. The molecule has 4 rings (SSSR count). The molecule has 1 saturated carbocycles. The lowest BCUT2D eigenvalue weighted by Gasteiger charge is -2.09. The average Bonchev–Trinajstić information content (AvgIpc) is 2.99. The van der Waals surface area contributed by atoms with E-state index in [1.165, 1.54) is 0 Å². The Morgan fingerprint density at radius 3 is 2.83 bits per heavy atom. The Balaban J connectivity index is 1.87. The number of alkyl halides is 2. The second kappa shape index (κ2) is 5.79. The van der Waals surface area contributed by atoms with Crippen molar-refractivity contribution in [3.05, 3.63) is 47.3 Å². The van der Waals surface area contributed by atoms with Crippen LogP contribution in [0.15, 0.2) is 46.9 Å². The zero-order valence-corrected chi connectivity index (χ0v) is 15.0. The SMILES string of the molecule is C=CCn1c(=O)c2ccccc2n2c(SCC3CC3(Cl)Cl)nnc12. The molecular weight excluding hydrogens is 367 g/mol. The van der Waals surface area contributed by atoms with Crippen molar-refractivity contribution in [2.24, 2.45) is 5.92 Å². The predicted molar refractivity (Wildman–Crippen MR) is 98.2 cm³/mol. The third-order valence-corrected chi connectivity index (χ3v) is 6.18. The summed E-state index contributed by atoms with van der Waals surface area (Å²) in [6.07, 6.45) is 2.47. The molecular formula is C16H14Cl2N4OS. The van der Waals surface area contributed by atoms with Gasteiger partial charge >= 0.3 is 0 Å². The van der Waals surface area contributed by atoms with Crippen LogP contribution in [0.2, 0.25) is 0 Å². The van der Waals surface area contributed by atoms with Crippen molar-refractivity contribution in [3.8, 4) is 0 Å². The van der Waals surface area contributed by atoms with E-state index in [1.54, 1.807) is 22.4 Å². The highest BCUT2D eigenvalue weighted by Gasteiger charge is 2.51. The summed E-state index contributed by atoms with van der Waals surface area (Å²) >= 11 is 13.8. The molecule has 5 nitrogen and oxygen atoms in total. The van der Waals surface area contributed by atoms with Crippen molar-refractivity contribution in [3.63, 3.8) is 0 Å². The van der Waals surface area contributed by atoms with E-state index in [1.807, 2.05) is 28.7 Å². The third kappa shape index (κ3) is 2.53. The van der Waals surface area contributed by atoms with Crippen LogP contribution >= 0.6 is 35.0 Å². The molecule has 1 aliphatic rings. The van der Waals surface area contributed by atoms with E-state index in [4.69, 9.17) is 23.2 Å². The smallest absolute Gasteiger partial charge is 0.263 e. The van der Waals surface area contributed by atoms with Gasteiger partial charge in [0.2, 0.25) is 5.78 Å². The van der Waals surface area contributed by atoms with Crippen LogP contribution in [0.3, 0.4) is 0 Å². The predicted octanol–water partition coefficient (Wildman–Crippen LogP) is 3.52. The highest BCUT2D eigenvalue weighted by atomic mass is 35.5.